The minimum absolute atomic E-state index is 0.181. The van der Waals surface area contributed by atoms with Crippen LogP contribution in [-0.4, -0.2) is 34.3 Å². The number of phenols is 1. The largest absolute Gasteiger partial charge is 0.508 e. The van der Waals surface area contributed by atoms with Crippen molar-refractivity contribution in [3.8, 4) is 28.6 Å². The van der Waals surface area contributed by atoms with E-state index in [0.29, 0.717) is 28.7 Å². The quantitative estimate of drug-likeness (QED) is 0.495. The number of rotatable bonds is 5. The number of aromatic nitrogens is 3. The molecule has 0 amide bonds. The van der Waals surface area contributed by atoms with Gasteiger partial charge in [0.2, 0.25) is 0 Å². The lowest BCUT2D eigenvalue weighted by atomic mass is 10.2. The predicted molar refractivity (Wildman–Crippen MR) is 104 cm³/mol. The third kappa shape index (κ3) is 3.22. The van der Waals surface area contributed by atoms with Gasteiger partial charge < -0.3 is 24.9 Å². The maximum absolute atomic E-state index is 9.64. The Kier molecular flexibility index (Phi) is 4.25. The van der Waals surface area contributed by atoms with Gasteiger partial charge in [0.05, 0.1) is 19.7 Å². The molecule has 27 heavy (non-hydrogen) atoms. The van der Waals surface area contributed by atoms with E-state index >= 15 is 0 Å². The van der Waals surface area contributed by atoms with Crippen molar-refractivity contribution < 1.29 is 14.6 Å². The van der Waals surface area contributed by atoms with Gasteiger partial charge in [-0.1, -0.05) is 6.07 Å². The number of imidazole rings is 1. The number of H-pyrrole nitrogens is 1. The van der Waals surface area contributed by atoms with Crippen molar-refractivity contribution in [2.45, 2.75) is 0 Å². The molecular weight excluding hydrogens is 344 g/mol. The molecule has 0 aliphatic carbocycles. The number of hydrogen-bond donors (Lipinski definition) is 3. The van der Waals surface area contributed by atoms with E-state index in [2.05, 4.69) is 15.3 Å². The zero-order valence-corrected chi connectivity index (χ0v) is 14.9. The molecule has 0 saturated carbocycles. The Bertz CT molecular complexity index is 1110. The number of aromatic hydroxyl groups is 1. The molecule has 2 heterocycles. The number of pyridine rings is 1. The minimum Gasteiger partial charge on any atom is -0.508 e. The Morgan fingerprint density at radius 3 is 2.63 bits per heavy atom. The first-order valence-corrected chi connectivity index (χ1v) is 8.31. The van der Waals surface area contributed by atoms with Crippen LogP contribution in [0, 0.1) is 0 Å². The number of phenolic OH excluding ortho intramolecular Hbond substituents is 1. The van der Waals surface area contributed by atoms with Crippen LogP contribution in [0.5, 0.6) is 17.2 Å². The van der Waals surface area contributed by atoms with Crippen LogP contribution < -0.4 is 14.8 Å². The topological polar surface area (TPSA) is 92.3 Å². The Morgan fingerprint density at radius 1 is 1.00 bits per heavy atom. The first-order chi connectivity index (χ1) is 13.2. The van der Waals surface area contributed by atoms with Crippen LogP contribution in [0.1, 0.15) is 0 Å². The van der Waals surface area contributed by atoms with Crippen LogP contribution in [0.15, 0.2) is 54.7 Å². The normalized spacial score (nSPS) is 10.7. The van der Waals surface area contributed by atoms with Crippen LogP contribution in [0.4, 0.5) is 11.5 Å². The number of nitrogens with one attached hydrogen (secondary N) is 2. The molecule has 7 nitrogen and oxygen atoms in total. The third-order valence-electron chi connectivity index (χ3n) is 4.17. The van der Waals surface area contributed by atoms with Crippen molar-refractivity contribution >= 4 is 22.5 Å². The standard InChI is InChI=1S/C20H18N4O3/c1-26-16-7-6-12(10-17(16)27-2)19-23-15-8-9-21-20(18(15)24-19)22-13-4-3-5-14(25)11-13/h3-11,25H,1-2H3,(H,21,22)(H,23,24). The number of nitrogens with zero attached hydrogens (tertiary/aromatic N) is 2. The second-order valence-electron chi connectivity index (χ2n) is 5.89. The molecule has 0 radical (unpaired) electrons. The van der Waals surface area contributed by atoms with Gasteiger partial charge in [0.25, 0.3) is 0 Å². The number of ether oxygens (including phenoxy) is 2. The molecule has 3 N–H and O–H groups in total. The average molecular weight is 362 g/mol. The van der Waals surface area contributed by atoms with Crippen molar-refractivity contribution in [2.75, 3.05) is 19.5 Å². The molecule has 4 aromatic rings. The van der Waals surface area contributed by atoms with Crippen molar-refractivity contribution in [3.05, 3.63) is 54.7 Å². The van der Waals surface area contributed by atoms with Gasteiger partial charge in [0.1, 0.15) is 17.1 Å². The second kappa shape index (κ2) is 6.87. The van der Waals surface area contributed by atoms with Gasteiger partial charge >= 0.3 is 0 Å². The highest BCUT2D eigenvalue weighted by Gasteiger charge is 2.13. The maximum atomic E-state index is 9.64. The lowest BCUT2D eigenvalue weighted by Gasteiger charge is -2.08. The molecule has 0 fully saturated rings. The summed E-state index contributed by atoms with van der Waals surface area (Å²) in [6.07, 6.45) is 1.70. The van der Waals surface area contributed by atoms with Crippen molar-refractivity contribution in [2.24, 2.45) is 0 Å². The van der Waals surface area contributed by atoms with E-state index in [4.69, 9.17) is 14.5 Å². The Hall–Kier alpha value is -3.74. The summed E-state index contributed by atoms with van der Waals surface area (Å²) >= 11 is 0. The zero-order valence-electron chi connectivity index (χ0n) is 14.9. The van der Waals surface area contributed by atoms with Gasteiger partial charge in [-0.15, -0.1) is 0 Å². The maximum Gasteiger partial charge on any atom is 0.161 e. The molecule has 4 rings (SSSR count). The SMILES string of the molecule is COc1ccc(-c2nc3c(Nc4cccc(O)c4)nccc3[nH]2)cc1OC. The van der Waals surface area contributed by atoms with Crippen LogP contribution in [0.2, 0.25) is 0 Å². The van der Waals surface area contributed by atoms with E-state index in [1.807, 2.05) is 30.3 Å². The first-order valence-electron chi connectivity index (χ1n) is 8.31. The van der Waals surface area contributed by atoms with Gasteiger partial charge in [-0.05, 0) is 36.4 Å². The predicted octanol–water partition coefficient (Wildman–Crippen LogP) is 4.09. The van der Waals surface area contributed by atoms with E-state index in [1.165, 1.54) is 0 Å². The highest BCUT2D eigenvalue weighted by atomic mass is 16.5. The molecular formula is C20H18N4O3. The summed E-state index contributed by atoms with van der Waals surface area (Å²) in [5, 5.41) is 12.8. The highest BCUT2D eigenvalue weighted by Crippen LogP contribution is 2.33. The second-order valence-corrected chi connectivity index (χ2v) is 5.89. The number of hydrogen-bond acceptors (Lipinski definition) is 6. The van der Waals surface area contributed by atoms with Gasteiger partial charge in [-0.3, -0.25) is 0 Å². The molecule has 2 aromatic carbocycles. The molecule has 0 bridgehead atoms. The summed E-state index contributed by atoms with van der Waals surface area (Å²) in [5.41, 5.74) is 3.14. The first kappa shape index (κ1) is 16.7. The number of methoxy groups -OCH3 is 2. The summed E-state index contributed by atoms with van der Waals surface area (Å²) < 4.78 is 10.7. The van der Waals surface area contributed by atoms with Crippen LogP contribution >= 0.6 is 0 Å². The van der Waals surface area contributed by atoms with Crippen LogP contribution in [-0.2, 0) is 0 Å². The van der Waals surface area contributed by atoms with Gasteiger partial charge in [0.15, 0.2) is 17.3 Å². The van der Waals surface area contributed by atoms with Gasteiger partial charge in [-0.2, -0.15) is 0 Å². The minimum atomic E-state index is 0.181. The Labute approximate surface area is 155 Å². The van der Waals surface area contributed by atoms with Crippen LogP contribution in [0.25, 0.3) is 22.4 Å². The average Bonchev–Trinajstić information content (AvgIpc) is 3.13. The summed E-state index contributed by atoms with van der Waals surface area (Å²) in [6, 6.07) is 14.3. The molecule has 0 unspecified atom stereocenters. The lowest BCUT2D eigenvalue weighted by molar-refractivity contribution is 0.355. The molecule has 0 saturated heterocycles. The molecule has 0 atom stereocenters. The molecule has 7 heteroatoms. The van der Waals surface area contributed by atoms with Crippen LogP contribution in [0.3, 0.4) is 0 Å². The summed E-state index contributed by atoms with van der Waals surface area (Å²) in [7, 11) is 3.20. The smallest absolute Gasteiger partial charge is 0.161 e. The van der Waals surface area contributed by atoms with E-state index in [1.54, 1.807) is 38.6 Å². The fourth-order valence-electron chi connectivity index (χ4n) is 2.87. The fourth-order valence-corrected chi connectivity index (χ4v) is 2.87. The summed E-state index contributed by atoms with van der Waals surface area (Å²) in [5.74, 6) is 2.76. The number of anilines is 2. The number of fused-ring (bicyclic) bond motifs is 1. The highest BCUT2D eigenvalue weighted by molar-refractivity contribution is 5.90. The zero-order chi connectivity index (χ0) is 18.8. The van der Waals surface area contributed by atoms with Crippen molar-refractivity contribution in [1.82, 2.24) is 15.0 Å². The van der Waals surface area contributed by atoms with Crippen molar-refractivity contribution in [3.63, 3.8) is 0 Å². The molecule has 0 spiro atoms. The monoisotopic (exact) mass is 362 g/mol. The lowest BCUT2D eigenvalue weighted by Crippen LogP contribution is -1.94. The molecule has 0 aliphatic rings. The van der Waals surface area contributed by atoms with E-state index < -0.39 is 0 Å². The van der Waals surface area contributed by atoms with E-state index in [0.717, 1.165) is 16.8 Å². The Balaban J connectivity index is 1.75. The van der Waals surface area contributed by atoms with E-state index in [-0.39, 0.29) is 5.75 Å². The summed E-state index contributed by atoms with van der Waals surface area (Å²) in [4.78, 5) is 12.4. The van der Waals surface area contributed by atoms with Gasteiger partial charge in [0, 0.05) is 23.5 Å². The third-order valence-corrected chi connectivity index (χ3v) is 4.17. The Morgan fingerprint density at radius 2 is 1.85 bits per heavy atom. The number of benzene rings is 2. The summed E-state index contributed by atoms with van der Waals surface area (Å²) in [6.45, 7) is 0. The molecule has 0 aliphatic heterocycles. The van der Waals surface area contributed by atoms with E-state index in [9.17, 15) is 5.11 Å². The number of aromatic amines is 1. The fraction of sp³-hybridized carbons (Fsp3) is 0.100. The van der Waals surface area contributed by atoms with Gasteiger partial charge in [-0.25, -0.2) is 9.97 Å². The molecule has 136 valence electrons. The van der Waals surface area contributed by atoms with Crippen molar-refractivity contribution in [1.29, 1.82) is 0 Å². The molecule has 2 aromatic heterocycles.